The average molecular weight is 334 g/mol. The molecule has 1 aliphatic carbocycles. The Morgan fingerprint density at radius 2 is 2.04 bits per heavy atom. The predicted molar refractivity (Wildman–Crippen MR) is 86.0 cm³/mol. The lowest BCUT2D eigenvalue weighted by atomic mass is 9.87. The molecule has 3 rings (SSSR count). The minimum atomic E-state index is -2.74. The molecule has 1 amide bonds. The van der Waals surface area contributed by atoms with E-state index in [1.807, 2.05) is 0 Å². The number of carbonyl (C=O) groups is 1. The molecule has 0 radical (unpaired) electrons. The van der Waals surface area contributed by atoms with Crippen LogP contribution in [0, 0.1) is 5.92 Å². The van der Waals surface area contributed by atoms with Gasteiger partial charge in [0.25, 0.3) is 12.3 Å². The van der Waals surface area contributed by atoms with E-state index in [1.165, 1.54) is 18.5 Å². The van der Waals surface area contributed by atoms with Gasteiger partial charge in [0.15, 0.2) is 5.69 Å². The van der Waals surface area contributed by atoms with Gasteiger partial charge < -0.3 is 5.32 Å². The molecule has 1 N–H and O–H groups in total. The minimum Gasteiger partial charge on any atom is -0.318 e. The van der Waals surface area contributed by atoms with E-state index in [1.54, 1.807) is 16.8 Å². The van der Waals surface area contributed by atoms with E-state index in [0.29, 0.717) is 5.92 Å². The third-order valence-electron chi connectivity index (χ3n) is 4.47. The molecule has 0 aromatic carbocycles. The molecule has 2 aromatic rings. The lowest BCUT2D eigenvalue weighted by Gasteiger charge is -2.26. The van der Waals surface area contributed by atoms with Gasteiger partial charge in [0.05, 0.1) is 11.7 Å². The van der Waals surface area contributed by atoms with E-state index in [4.69, 9.17) is 0 Å². The van der Waals surface area contributed by atoms with Crippen LogP contribution in [-0.2, 0) is 0 Å². The Morgan fingerprint density at radius 1 is 1.29 bits per heavy atom. The summed E-state index contributed by atoms with van der Waals surface area (Å²) in [5.74, 6) is 0.143. The average Bonchev–Trinajstić information content (AvgIpc) is 3.00. The molecule has 128 valence electrons. The summed E-state index contributed by atoms with van der Waals surface area (Å²) in [6.45, 7) is 2.20. The Morgan fingerprint density at radius 3 is 2.67 bits per heavy atom. The summed E-state index contributed by atoms with van der Waals surface area (Å²) in [4.78, 5) is 16.1. The highest BCUT2D eigenvalue weighted by Gasteiger charge is 2.25. The van der Waals surface area contributed by atoms with Crippen LogP contribution < -0.4 is 5.32 Å². The SMILES string of the molecule is CC1CCC(n2cc(NC(=O)c3ccccn3)c(C(F)F)n2)CC1. The molecule has 1 saturated carbocycles. The summed E-state index contributed by atoms with van der Waals surface area (Å²) in [6, 6.07) is 5.00. The largest absolute Gasteiger partial charge is 0.318 e. The van der Waals surface area contributed by atoms with E-state index in [2.05, 4.69) is 22.3 Å². The van der Waals surface area contributed by atoms with Gasteiger partial charge in [-0.2, -0.15) is 5.10 Å². The lowest BCUT2D eigenvalue weighted by molar-refractivity contribution is 0.102. The van der Waals surface area contributed by atoms with Crippen molar-refractivity contribution in [1.29, 1.82) is 0 Å². The summed E-state index contributed by atoms with van der Waals surface area (Å²) in [7, 11) is 0. The first-order chi connectivity index (χ1) is 11.5. The Labute approximate surface area is 139 Å². The lowest BCUT2D eigenvalue weighted by Crippen LogP contribution is -2.17. The topological polar surface area (TPSA) is 59.8 Å². The van der Waals surface area contributed by atoms with Crippen LogP contribution in [0.15, 0.2) is 30.6 Å². The van der Waals surface area contributed by atoms with E-state index in [0.717, 1.165) is 25.7 Å². The molecule has 0 spiro atoms. The van der Waals surface area contributed by atoms with Crippen molar-refractivity contribution in [1.82, 2.24) is 14.8 Å². The fourth-order valence-electron chi connectivity index (χ4n) is 3.04. The highest BCUT2D eigenvalue weighted by molar-refractivity contribution is 6.03. The molecule has 0 atom stereocenters. The van der Waals surface area contributed by atoms with Crippen LogP contribution in [0.25, 0.3) is 0 Å². The van der Waals surface area contributed by atoms with Crippen molar-refractivity contribution in [3.05, 3.63) is 42.0 Å². The van der Waals surface area contributed by atoms with E-state index in [-0.39, 0.29) is 17.4 Å². The summed E-state index contributed by atoms with van der Waals surface area (Å²) in [6.07, 6.45) is 4.21. The number of alkyl halides is 2. The zero-order chi connectivity index (χ0) is 17.1. The molecule has 2 heterocycles. The minimum absolute atomic E-state index is 0.0549. The highest BCUT2D eigenvalue weighted by Crippen LogP contribution is 2.34. The van der Waals surface area contributed by atoms with Crippen LogP contribution in [0.3, 0.4) is 0 Å². The number of halogens is 2. The van der Waals surface area contributed by atoms with Crippen molar-refractivity contribution in [2.45, 2.75) is 45.1 Å². The number of hydrogen-bond donors (Lipinski definition) is 1. The van der Waals surface area contributed by atoms with Crippen LogP contribution in [0.5, 0.6) is 0 Å². The number of pyridine rings is 1. The number of aromatic nitrogens is 3. The monoisotopic (exact) mass is 334 g/mol. The number of nitrogens with one attached hydrogen (secondary N) is 1. The van der Waals surface area contributed by atoms with Crippen molar-refractivity contribution >= 4 is 11.6 Å². The smallest absolute Gasteiger partial charge is 0.284 e. The van der Waals surface area contributed by atoms with Crippen molar-refractivity contribution < 1.29 is 13.6 Å². The van der Waals surface area contributed by atoms with Crippen LogP contribution >= 0.6 is 0 Å². The zero-order valence-corrected chi connectivity index (χ0v) is 13.5. The van der Waals surface area contributed by atoms with Gasteiger partial charge in [0, 0.05) is 12.4 Å². The van der Waals surface area contributed by atoms with Gasteiger partial charge >= 0.3 is 0 Å². The molecule has 0 unspecified atom stereocenters. The number of amides is 1. The number of anilines is 1. The molecule has 0 aliphatic heterocycles. The first kappa shape index (κ1) is 16.5. The normalized spacial score (nSPS) is 21.0. The molecule has 2 aromatic heterocycles. The summed E-state index contributed by atoms with van der Waals surface area (Å²) in [5.41, 5.74) is -0.158. The maximum absolute atomic E-state index is 13.3. The second-order valence-corrected chi connectivity index (χ2v) is 6.29. The zero-order valence-electron chi connectivity index (χ0n) is 13.5. The molecular weight excluding hydrogens is 314 g/mol. The molecule has 7 heteroatoms. The highest BCUT2D eigenvalue weighted by atomic mass is 19.3. The Balaban J connectivity index is 1.80. The molecule has 0 bridgehead atoms. The molecular formula is C17H20F2N4O. The second-order valence-electron chi connectivity index (χ2n) is 6.29. The van der Waals surface area contributed by atoms with Crippen molar-refractivity contribution in [2.75, 3.05) is 5.32 Å². The number of hydrogen-bond acceptors (Lipinski definition) is 3. The number of carbonyl (C=O) groups excluding carboxylic acids is 1. The molecule has 0 saturated heterocycles. The summed E-state index contributed by atoms with van der Waals surface area (Å²) >= 11 is 0. The Kier molecular flexibility index (Phi) is 4.87. The molecule has 1 fully saturated rings. The van der Waals surface area contributed by atoms with Gasteiger partial charge in [0.1, 0.15) is 5.69 Å². The summed E-state index contributed by atoms with van der Waals surface area (Å²) in [5, 5.41) is 6.55. The molecule has 1 aliphatic rings. The van der Waals surface area contributed by atoms with Crippen molar-refractivity contribution in [2.24, 2.45) is 5.92 Å². The third kappa shape index (κ3) is 3.60. The predicted octanol–water partition coefficient (Wildman–Crippen LogP) is 4.22. The van der Waals surface area contributed by atoms with Crippen LogP contribution in [0.2, 0.25) is 0 Å². The summed E-state index contributed by atoms with van der Waals surface area (Å²) < 4.78 is 28.1. The van der Waals surface area contributed by atoms with E-state index < -0.39 is 18.0 Å². The fourth-order valence-corrected chi connectivity index (χ4v) is 3.04. The number of rotatable bonds is 4. The van der Waals surface area contributed by atoms with Gasteiger partial charge in [-0.25, -0.2) is 8.78 Å². The van der Waals surface area contributed by atoms with Gasteiger partial charge in [-0.05, 0) is 43.7 Å². The van der Waals surface area contributed by atoms with E-state index >= 15 is 0 Å². The van der Waals surface area contributed by atoms with Crippen LogP contribution in [-0.4, -0.2) is 20.7 Å². The Bertz CT molecular complexity index is 694. The third-order valence-corrected chi connectivity index (χ3v) is 4.47. The molecule has 24 heavy (non-hydrogen) atoms. The maximum atomic E-state index is 13.3. The van der Waals surface area contributed by atoms with Crippen LogP contribution in [0.4, 0.5) is 14.5 Å². The Hall–Kier alpha value is -2.31. The fraction of sp³-hybridized carbons (Fsp3) is 0.471. The molecule has 5 nitrogen and oxygen atoms in total. The van der Waals surface area contributed by atoms with Gasteiger partial charge in [-0.15, -0.1) is 0 Å². The number of nitrogens with zero attached hydrogens (tertiary/aromatic N) is 3. The van der Waals surface area contributed by atoms with Crippen molar-refractivity contribution in [3.63, 3.8) is 0 Å². The quantitative estimate of drug-likeness (QED) is 0.911. The van der Waals surface area contributed by atoms with Gasteiger partial charge in [-0.1, -0.05) is 13.0 Å². The van der Waals surface area contributed by atoms with Gasteiger partial charge in [0.2, 0.25) is 0 Å². The van der Waals surface area contributed by atoms with Crippen molar-refractivity contribution in [3.8, 4) is 0 Å². The van der Waals surface area contributed by atoms with Crippen LogP contribution in [0.1, 0.15) is 61.3 Å². The second kappa shape index (κ2) is 7.07. The first-order valence-electron chi connectivity index (χ1n) is 8.14. The van der Waals surface area contributed by atoms with Gasteiger partial charge in [-0.3, -0.25) is 14.5 Å². The maximum Gasteiger partial charge on any atom is 0.284 e. The van der Waals surface area contributed by atoms with E-state index in [9.17, 15) is 13.6 Å². The standard InChI is InChI=1S/C17H20F2N4O/c1-11-5-7-12(8-6-11)23-10-14(15(22-23)16(18)19)21-17(24)13-4-2-3-9-20-13/h2-4,9-12,16H,5-8H2,1H3,(H,21,24). The first-order valence-corrected chi connectivity index (χ1v) is 8.14.